The molecule has 0 fully saturated rings. The van der Waals surface area contributed by atoms with Gasteiger partial charge in [-0.2, -0.15) is 5.10 Å². The molecule has 0 bridgehead atoms. The second-order valence-corrected chi connectivity index (χ2v) is 5.73. The van der Waals surface area contributed by atoms with Crippen molar-refractivity contribution in [3.8, 4) is 5.75 Å². The molecular weight excluding hydrogens is 369 g/mol. The number of carbonyl (C=O) groups is 2. The molecule has 1 heterocycles. The van der Waals surface area contributed by atoms with E-state index in [1.54, 1.807) is 31.2 Å². The molecule has 0 aliphatic heterocycles. The lowest BCUT2D eigenvalue weighted by atomic mass is 10.3. The molecule has 9 heteroatoms. The minimum atomic E-state index is -0.489. The number of amides is 2. The Labute approximate surface area is 153 Å². The highest BCUT2D eigenvalue weighted by Crippen LogP contribution is 2.27. The molecule has 0 unspecified atom stereocenters. The van der Waals surface area contributed by atoms with E-state index in [-0.39, 0.29) is 13.2 Å². The summed E-state index contributed by atoms with van der Waals surface area (Å²) in [6.07, 6.45) is 1.36. The molecule has 0 atom stereocenters. The molecule has 1 aromatic carbocycles. The van der Waals surface area contributed by atoms with Crippen molar-refractivity contribution in [2.75, 3.05) is 13.2 Å². The zero-order chi connectivity index (χ0) is 18.2. The maximum Gasteiger partial charge on any atom is 0.259 e. The van der Waals surface area contributed by atoms with Gasteiger partial charge in [-0.1, -0.05) is 23.2 Å². The summed E-state index contributed by atoms with van der Waals surface area (Å²) in [5, 5.41) is 6.86. The van der Waals surface area contributed by atoms with Crippen LogP contribution in [0.15, 0.2) is 39.9 Å². The van der Waals surface area contributed by atoms with Gasteiger partial charge >= 0.3 is 0 Å². The third-order valence-corrected chi connectivity index (χ3v) is 3.37. The van der Waals surface area contributed by atoms with Crippen LogP contribution in [0.25, 0.3) is 0 Å². The lowest BCUT2D eigenvalue weighted by Gasteiger charge is -2.08. The van der Waals surface area contributed by atoms with Crippen molar-refractivity contribution in [3.05, 3.63) is 51.9 Å². The average Bonchev–Trinajstić information content (AvgIpc) is 2.97. The van der Waals surface area contributed by atoms with Gasteiger partial charge in [-0.25, -0.2) is 5.43 Å². The van der Waals surface area contributed by atoms with Gasteiger partial charge in [-0.15, -0.1) is 0 Å². The van der Waals surface area contributed by atoms with Gasteiger partial charge in [-0.3, -0.25) is 9.59 Å². The molecule has 2 rings (SSSR count). The van der Waals surface area contributed by atoms with Crippen LogP contribution in [0, 0.1) is 6.92 Å². The minimum absolute atomic E-state index is 0.245. The standard InChI is InChI=1S/C16H15Cl2N3O4/c1-10-2-4-12(25-10)7-20-21-15(22)8-19-16(23)9-24-14-5-3-11(17)6-13(14)18/h2-7H,8-9H2,1H3,(H,19,23)(H,21,22)/b20-7+. The van der Waals surface area contributed by atoms with Crippen LogP contribution in [-0.2, 0) is 9.59 Å². The van der Waals surface area contributed by atoms with E-state index in [9.17, 15) is 9.59 Å². The van der Waals surface area contributed by atoms with E-state index in [1.165, 1.54) is 12.3 Å². The highest BCUT2D eigenvalue weighted by atomic mass is 35.5. The van der Waals surface area contributed by atoms with E-state index < -0.39 is 11.8 Å². The molecular formula is C16H15Cl2N3O4. The summed E-state index contributed by atoms with van der Waals surface area (Å²) in [4.78, 5) is 23.2. The number of aryl methyl sites for hydroxylation is 1. The van der Waals surface area contributed by atoms with Crippen LogP contribution < -0.4 is 15.5 Å². The number of hydrogen-bond donors (Lipinski definition) is 2. The van der Waals surface area contributed by atoms with Gasteiger partial charge in [-0.05, 0) is 37.3 Å². The Morgan fingerprint density at radius 2 is 2.04 bits per heavy atom. The predicted molar refractivity (Wildman–Crippen MR) is 94.1 cm³/mol. The predicted octanol–water partition coefficient (Wildman–Crippen LogP) is 2.54. The Morgan fingerprint density at radius 3 is 2.72 bits per heavy atom. The van der Waals surface area contributed by atoms with Gasteiger partial charge < -0.3 is 14.5 Å². The molecule has 1 aromatic heterocycles. The maximum atomic E-state index is 11.7. The number of nitrogens with zero attached hydrogens (tertiary/aromatic N) is 1. The molecule has 25 heavy (non-hydrogen) atoms. The number of halogens is 2. The molecule has 2 N–H and O–H groups in total. The molecule has 0 aliphatic rings. The molecule has 2 aromatic rings. The summed E-state index contributed by atoms with van der Waals surface area (Å²) >= 11 is 11.7. The first kappa shape index (κ1) is 18.8. The first-order valence-corrected chi connectivity index (χ1v) is 7.92. The van der Waals surface area contributed by atoms with Crippen molar-refractivity contribution < 1.29 is 18.7 Å². The number of hydrogen-bond acceptors (Lipinski definition) is 5. The summed E-state index contributed by atoms with van der Waals surface area (Å²) < 4.78 is 10.5. The van der Waals surface area contributed by atoms with E-state index in [0.29, 0.717) is 21.6 Å². The number of rotatable bonds is 7. The van der Waals surface area contributed by atoms with Crippen molar-refractivity contribution in [1.29, 1.82) is 0 Å². The van der Waals surface area contributed by atoms with Crippen LogP contribution in [0.4, 0.5) is 0 Å². The Morgan fingerprint density at radius 1 is 1.24 bits per heavy atom. The van der Waals surface area contributed by atoms with Crippen LogP contribution in [0.3, 0.4) is 0 Å². The highest BCUT2D eigenvalue weighted by Gasteiger charge is 2.08. The molecule has 2 amide bonds. The van der Waals surface area contributed by atoms with Gasteiger partial charge in [0.15, 0.2) is 6.61 Å². The average molecular weight is 384 g/mol. The van der Waals surface area contributed by atoms with E-state index >= 15 is 0 Å². The Balaban J connectivity index is 1.68. The maximum absolute atomic E-state index is 11.7. The summed E-state index contributed by atoms with van der Waals surface area (Å²) in [6, 6.07) is 8.13. The van der Waals surface area contributed by atoms with Crippen LogP contribution in [0.5, 0.6) is 5.75 Å². The summed E-state index contributed by atoms with van der Waals surface area (Å²) in [7, 11) is 0. The lowest BCUT2D eigenvalue weighted by molar-refractivity contribution is -0.127. The molecule has 0 saturated heterocycles. The summed E-state index contributed by atoms with van der Waals surface area (Å²) in [6.45, 7) is 1.26. The van der Waals surface area contributed by atoms with Crippen molar-refractivity contribution in [2.24, 2.45) is 5.10 Å². The fourth-order valence-electron chi connectivity index (χ4n) is 1.70. The SMILES string of the molecule is Cc1ccc(/C=N/NC(=O)CNC(=O)COc2ccc(Cl)cc2Cl)o1. The number of benzene rings is 1. The van der Waals surface area contributed by atoms with E-state index in [1.807, 2.05) is 0 Å². The molecule has 0 saturated carbocycles. The Bertz CT molecular complexity index is 789. The number of carbonyl (C=O) groups excluding carboxylic acids is 2. The second-order valence-electron chi connectivity index (χ2n) is 4.88. The fourth-order valence-corrected chi connectivity index (χ4v) is 2.16. The quantitative estimate of drug-likeness (QED) is 0.567. The van der Waals surface area contributed by atoms with Crippen LogP contribution in [0.1, 0.15) is 11.5 Å². The van der Waals surface area contributed by atoms with E-state index in [4.69, 9.17) is 32.4 Å². The zero-order valence-corrected chi connectivity index (χ0v) is 14.7. The van der Waals surface area contributed by atoms with Crippen LogP contribution in [0.2, 0.25) is 10.0 Å². The topological polar surface area (TPSA) is 92.9 Å². The van der Waals surface area contributed by atoms with Gasteiger partial charge in [0.1, 0.15) is 17.3 Å². The highest BCUT2D eigenvalue weighted by molar-refractivity contribution is 6.35. The smallest absolute Gasteiger partial charge is 0.259 e. The van der Waals surface area contributed by atoms with Crippen molar-refractivity contribution in [1.82, 2.24) is 10.7 Å². The monoisotopic (exact) mass is 383 g/mol. The number of ether oxygens (including phenoxy) is 1. The van der Waals surface area contributed by atoms with Crippen molar-refractivity contribution >= 4 is 41.2 Å². The van der Waals surface area contributed by atoms with Crippen LogP contribution in [-0.4, -0.2) is 31.2 Å². The molecule has 7 nitrogen and oxygen atoms in total. The Kier molecular flexibility index (Phi) is 6.85. The van der Waals surface area contributed by atoms with Gasteiger partial charge in [0.25, 0.3) is 11.8 Å². The first-order chi connectivity index (χ1) is 11.9. The fraction of sp³-hybridized carbons (Fsp3) is 0.188. The number of furan rings is 1. The first-order valence-electron chi connectivity index (χ1n) is 7.17. The van der Waals surface area contributed by atoms with Crippen LogP contribution >= 0.6 is 23.2 Å². The van der Waals surface area contributed by atoms with E-state index in [0.717, 1.165) is 5.76 Å². The third kappa shape index (κ3) is 6.48. The normalized spacial score (nSPS) is 10.7. The largest absolute Gasteiger partial charge is 0.482 e. The molecule has 0 aliphatic carbocycles. The van der Waals surface area contributed by atoms with Crippen molar-refractivity contribution in [2.45, 2.75) is 6.92 Å². The second kappa shape index (κ2) is 9.10. The summed E-state index contributed by atoms with van der Waals surface area (Å²) in [5.41, 5.74) is 2.26. The van der Waals surface area contributed by atoms with E-state index in [2.05, 4.69) is 15.8 Å². The number of nitrogens with one attached hydrogen (secondary N) is 2. The molecule has 0 spiro atoms. The Hall–Kier alpha value is -2.51. The molecule has 0 radical (unpaired) electrons. The molecule has 132 valence electrons. The van der Waals surface area contributed by atoms with Gasteiger partial charge in [0.2, 0.25) is 0 Å². The van der Waals surface area contributed by atoms with Gasteiger partial charge in [0, 0.05) is 5.02 Å². The summed E-state index contributed by atoms with van der Waals surface area (Å²) in [5.74, 6) is 0.601. The lowest BCUT2D eigenvalue weighted by Crippen LogP contribution is -2.37. The third-order valence-electron chi connectivity index (χ3n) is 2.84. The minimum Gasteiger partial charge on any atom is -0.482 e. The zero-order valence-electron chi connectivity index (χ0n) is 13.2. The van der Waals surface area contributed by atoms with Gasteiger partial charge in [0.05, 0.1) is 17.8 Å². The number of hydrazone groups is 1. The van der Waals surface area contributed by atoms with Crippen molar-refractivity contribution in [3.63, 3.8) is 0 Å².